The molecule has 0 aromatic heterocycles. The standard InChI is InChI=1S/C14H21F3N2/c1-12(2)19(11-14(15,16)17)10-6-9-18-13-7-4-3-5-8-13/h3-5,7-8,12,18H,6,9-11H2,1-2H3. The summed E-state index contributed by atoms with van der Waals surface area (Å²) in [4.78, 5) is 1.45. The van der Waals surface area contributed by atoms with E-state index in [1.54, 1.807) is 13.8 Å². The summed E-state index contributed by atoms with van der Waals surface area (Å²) in [6.07, 6.45) is -3.44. The van der Waals surface area contributed by atoms with E-state index in [0.29, 0.717) is 19.5 Å². The van der Waals surface area contributed by atoms with E-state index in [9.17, 15) is 13.2 Å². The summed E-state index contributed by atoms with van der Waals surface area (Å²) in [7, 11) is 0. The number of nitrogens with zero attached hydrogens (tertiary/aromatic N) is 1. The van der Waals surface area contributed by atoms with Gasteiger partial charge in [-0.15, -0.1) is 0 Å². The molecule has 19 heavy (non-hydrogen) atoms. The van der Waals surface area contributed by atoms with Crippen molar-refractivity contribution in [2.24, 2.45) is 0 Å². The molecular formula is C14H21F3N2. The monoisotopic (exact) mass is 274 g/mol. The Balaban J connectivity index is 2.29. The van der Waals surface area contributed by atoms with Crippen molar-refractivity contribution < 1.29 is 13.2 Å². The van der Waals surface area contributed by atoms with Gasteiger partial charge in [-0.1, -0.05) is 18.2 Å². The van der Waals surface area contributed by atoms with Crippen LogP contribution in [0.5, 0.6) is 0 Å². The summed E-state index contributed by atoms with van der Waals surface area (Å²) >= 11 is 0. The SMILES string of the molecule is CC(C)N(CCCNc1ccccc1)CC(F)(F)F. The number of benzene rings is 1. The molecule has 0 bridgehead atoms. The molecule has 1 aromatic carbocycles. The van der Waals surface area contributed by atoms with Gasteiger partial charge in [0.15, 0.2) is 0 Å². The van der Waals surface area contributed by atoms with E-state index in [0.717, 1.165) is 5.69 Å². The summed E-state index contributed by atoms with van der Waals surface area (Å²) in [5, 5.41) is 3.19. The molecule has 0 saturated heterocycles. The zero-order valence-electron chi connectivity index (χ0n) is 11.4. The first-order valence-corrected chi connectivity index (χ1v) is 6.48. The minimum atomic E-state index is -4.13. The quantitative estimate of drug-likeness (QED) is 0.762. The van der Waals surface area contributed by atoms with Crippen LogP contribution in [-0.4, -0.2) is 36.8 Å². The Morgan fingerprint density at radius 1 is 1.16 bits per heavy atom. The predicted octanol–water partition coefficient (Wildman–Crippen LogP) is 3.76. The van der Waals surface area contributed by atoms with Crippen LogP contribution in [0.15, 0.2) is 30.3 Å². The number of anilines is 1. The molecule has 0 aliphatic carbocycles. The lowest BCUT2D eigenvalue weighted by Crippen LogP contribution is -2.40. The molecule has 1 N–H and O–H groups in total. The third kappa shape index (κ3) is 7.06. The van der Waals surface area contributed by atoms with E-state index >= 15 is 0 Å². The fourth-order valence-corrected chi connectivity index (χ4v) is 1.82. The number of hydrogen-bond acceptors (Lipinski definition) is 2. The molecule has 0 amide bonds. The molecule has 0 spiro atoms. The summed E-state index contributed by atoms with van der Waals surface area (Å²) in [6, 6.07) is 9.55. The molecule has 108 valence electrons. The van der Waals surface area contributed by atoms with Crippen LogP contribution in [0.2, 0.25) is 0 Å². The van der Waals surface area contributed by atoms with Crippen LogP contribution in [0.4, 0.5) is 18.9 Å². The van der Waals surface area contributed by atoms with Gasteiger partial charge in [-0.25, -0.2) is 0 Å². The molecule has 0 fully saturated rings. The Bertz CT molecular complexity index is 349. The normalized spacial score (nSPS) is 12.2. The van der Waals surface area contributed by atoms with Crippen LogP contribution in [0.25, 0.3) is 0 Å². The number of rotatable bonds is 7. The average Bonchev–Trinajstić information content (AvgIpc) is 2.32. The largest absolute Gasteiger partial charge is 0.401 e. The molecule has 1 rings (SSSR count). The van der Waals surface area contributed by atoms with Crippen LogP contribution < -0.4 is 5.32 Å². The topological polar surface area (TPSA) is 15.3 Å². The lowest BCUT2D eigenvalue weighted by molar-refractivity contribution is -0.149. The highest BCUT2D eigenvalue weighted by atomic mass is 19.4. The third-order valence-electron chi connectivity index (χ3n) is 2.84. The lowest BCUT2D eigenvalue weighted by Gasteiger charge is -2.27. The molecule has 0 saturated carbocycles. The first kappa shape index (κ1) is 15.8. The van der Waals surface area contributed by atoms with Gasteiger partial charge in [0.25, 0.3) is 0 Å². The van der Waals surface area contributed by atoms with Crippen molar-refractivity contribution in [2.75, 3.05) is 25.0 Å². The highest BCUT2D eigenvalue weighted by molar-refractivity contribution is 5.42. The molecule has 5 heteroatoms. The van der Waals surface area contributed by atoms with Gasteiger partial charge >= 0.3 is 6.18 Å². The van der Waals surface area contributed by atoms with E-state index in [1.807, 2.05) is 30.3 Å². The van der Waals surface area contributed by atoms with Gasteiger partial charge in [-0.3, -0.25) is 4.90 Å². The van der Waals surface area contributed by atoms with Crippen molar-refractivity contribution in [1.29, 1.82) is 0 Å². The maximum absolute atomic E-state index is 12.4. The van der Waals surface area contributed by atoms with Crippen LogP contribution in [0.3, 0.4) is 0 Å². The smallest absolute Gasteiger partial charge is 0.385 e. The van der Waals surface area contributed by atoms with E-state index in [-0.39, 0.29) is 6.04 Å². The average molecular weight is 274 g/mol. The van der Waals surface area contributed by atoms with Crippen molar-refractivity contribution in [1.82, 2.24) is 4.90 Å². The first-order chi connectivity index (χ1) is 8.88. The van der Waals surface area contributed by atoms with Crippen LogP contribution in [0.1, 0.15) is 20.3 Å². The molecule has 0 heterocycles. The highest BCUT2D eigenvalue weighted by Crippen LogP contribution is 2.18. The van der Waals surface area contributed by atoms with E-state index in [1.165, 1.54) is 4.90 Å². The Hall–Kier alpha value is -1.23. The van der Waals surface area contributed by atoms with Gasteiger partial charge in [-0.05, 0) is 32.4 Å². The highest BCUT2D eigenvalue weighted by Gasteiger charge is 2.31. The number of nitrogens with one attached hydrogen (secondary N) is 1. The maximum atomic E-state index is 12.4. The second-order valence-corrected chi connectivity index (χ2v) is 4.83. The first-order valence-electron chi connectivity index (χ1n) is 6.48. The van der Waals surface area contributed by atoms with Crippen LogP contribution in [-0.2, 0) is 0 Å². The summed E-state index contributed by atoms with van der Waals surface area (Å²) in [5.74, 6) is 0. The van der Waals surface area contributed by atoms with Crippen molar-refractivity contribution in [3.63, 3.8) is 0 Å². The Kier molecular flexibility index (Phi) is 6.15. The number of para-hydroxylation sites is 1. The number of hydrogen-bond donors (Lipinski definition) is 1. The molecule has 0 aliphatic rings. The summed E-state index contributed by atoms with van der Waals surface area (Å²) in [6.45, 7) is 3.85. The minimum absolute atomic E-state index is 0.0987. The number of alkyl halides is 3. The van der Waals surface area contributed by atoms with E-state index in [4.69, 9.17) is 0 Å². The van der Waals surface area contributed by atoms with Gasteiger partial charge < -0.3 is 5.32 Å². The van der Waals surface area contributed by atoms with Crippen molar-refractivity contribution in [3.05, 3.63) is 30.3 Å². The van der Waals surface area contributed by atoms with Crippen LogP contribution >= 0.6 is 0 Å². The minimum Gasteiger partial charge on any atom is -0.385 e. The van der Waals surface area contributed by atoms with Crippen molar-refractivity contribution in [3.8, 4) is 0 Å². The van der Waals surface area contributed by atoms with Crippen LogP contribution in [0, 0.1) is 0 Å². The van der Waals surface area contributed by atoms with Gasteiger partial charge in [0.2, 0.25) is 0 Å². The zero-order valence-corrected chi connectivity index (χ0v) is 11.4. The summed E-state index contributed by atoms with van der Waals surface area (Å²) in [5.41, 5.74) is 0.995. The molecule has 0 atom stereocenters. The second-order valence-electron chi connectivity index (χ2n) is 4.83. The Morgan fingerprint density at radius 2 is 1.79 bits per heavy atom. The number of halogens is 3. The van der Waals surface area contributed by atoms with Gasteiger partial charge in [0.1, 0.15) is 0 Å². The zero-order chi connectivity index (χ0) is 14.3. The molecular weight excluding hydrogens is 253 g/mol. The fourth-order valence-electron chi connectivity index (χ4n) is 1.82. The van der Waals surface area contributed by atoms with Crippen molar-refractivity contribution in [2.45, 2.75) is 32.5 Å². The van der Waals surface area contributed by atoms with E-state index in [2.05, 4.69) is 5.32 Å². The Labute approximate surface area is 112 Å². The van der Waals surface area contributed by atoms with Gasteiger partial charge in [0, 0.05) is 24.8 Å². The maximum Gasteiger partial charge on any atom is 0.401 e. The van der Waals surface area contributed by atoms with E-state index < -0.39 is 12.7 Å². The van der Waals surface area contributed by atoms with Gasteiger partial charge in [0.05, 0.1) is 6.54 Å². The lowest BCUT2D eigenvalue weighted by atomic mass is 10.2. The molecule has 1 aromatic rings. The second kappa shape index (κ2) is 7.38. The third-order valence-corrected chi connectivity index (χ3v) is 2.84. The molecule has 0 unspecified atom stereocenters. The van der Waals surface area contributed by atoms with Crippen molar-refractivity contribution >= 4 is 5.69 Å². The Morgan fingerprint density at radius 3 is 2.32 bits per heavy atom. The molecule has 0 aliphatic heterocycles. The predicted molar refractivity (Wildman–Crippen MR) is 72.3 cm³/mol. The molecule has 2 nitrogen and oxygen atoms in total. The molecule has 0 radical (unpaired) electrons. The van der Waals surface area contributed by atoms with Gasteiger partial charge in [-0.2, -0.15) is 13.2 Å². The summed E-state index contributed by atoms with van der Waals surface area (Å²) < 4.78 is 37.1. The fraction of sp³-hybridized carbons (Fsp3) is 0.571.